The molecule has 0 radical (unpaired) electrons. The number of rotatable bonds is 12. The Bertz CT molecular complexity index is 1860. The molecule has 2 aliphatic rings. The highest BCUT2D eigenvalue weighted by Gasteiger charge is 2.39. The maximum atomic E-state index is 6.88. The van der Waals surface area contributed by atoms with Crippen LogP contribution in [0, 0.1) is 11.8 Å². The van der Waals surface area contributed by atoms with Crippen LogP contribution in [0.1, 0.15) is 75.5 Å². The Morgan fingerprint density at radius 1 is 0.653 bits per heavy atom. The second-order valence-electron chi connectivity index (χ2n) is 14.1. The largest absolute Gasteiger partial charge is 0.460 e. The van der Waals surface area contributed by atoms with Gasteiger partial charge in [0.05, 0.1) is 5.92 Å². The maximum absolute atomic E-state index is 6.88. The molecule has 0 aliphatic heterocycles. The van der Waals surface area contributed by atoms with E-state index in [-0.39, 0.29) is 5.92 Å². The number of hydrogen-bond donors (Lipinski definition) is 0. The number of hydrogen-bond acceptors (Lipinski definition) is 3. The van der Waals surface area contributed by atoms with Crippen LogP contribution in [0.25, 0.3) is 27.8 Å². The molecule has 0 bridgehead atoms. The third-order valence-electron chi connectivity index (χ3n) is 9.94. The zero-order valence-electron chi connectivity index (χ0n) is 29.0. The predicted molar refractivity (Wildman–Crippen MR) is 201 cm³/mol. The van der Waals surface area contributed by atoms with E-state index in [0.717, 1.165) is 47.3 Å². The van der Waals surface area contributed by atoms with Gasteiger partial charge in [0.1, 0.15) is 5.75 Å². The number of fused-ring (bicyclic) bond motifs is 2. The first kappa shape index (κ1) is 32.7. The molecule has 2 aliphatic carbocycles. The molecule has 248 valence electrons. The van der Waals surface area contributed by atoms with Gasteiger partial charge in [-0.05, 0) is 88.1 Å². The Labute approximate surface area is 291 Å². The van der Waals surface area contributed by atoms with Crippen LogP contribution in [0.15, 0.2) is 145 Å². The molecule has 0 fully saturated rings. The number of para-hydroxylation sites is 1. The average molecular weight is 647 g/mol. The van der Waals surface area contributed by atoms with Crippen LogP contribution in [0.3, 0.4) is 0 Å². The Kier molecular flexibility index (Phi) is 9.82. The monoisotopic (exact) mass is 646 g/mol. The zero-order valence-corrected chi connectivity index (χ0v) is 29.0. The second kappa shape index (κ2) is 14.7. The third-order valence-corrected chi connectivity index (χ3v) is 9.94. The molecule has 3 atom stereocenters. The molecule has 0 saturated carbocycles. The van der Waals surface area contributed by atoms with Crippen LogP contribution in [-0.2, 0) is 4.89 Å². The molecular weight excluding hydrogens is 601 g/mol. The fraction of sp³-hybridized carbons (Fsp3) is 0.261. The van der Waals surface area contributed by atoms with E-state index in [1.165, 1.54) is 27.8 Å². The predicted octanol–water partition coefficient (Wildman–Crippen LogP) is 12.4. The number of allylic oxidation sites excluding steroid dienone is 3. The summed E-state index contributed by atoms with van der Waals surface area (Å²) >= 11 is 0. The first-order chi connectivity index (χ1) is 24.0. The van der Waals surface area contributed by atoms with Crippen LogP contribution in [-0.4, -0.2) is 6.29 Å². The molecule has 3 heteroatoms. The third kappa shape index (κ3) is 7.00. The van der Waals surface area contributed by atoms with E-state index in [4.69, 9.17) is 14.5 Å². The van der Waals surface area contributed by atoms with E-state index in [9.17, 15) is 0 Å². The quantitative estimate of drug-likeness (QED) is 0.0767. The van der Waals surface area contributed by atoms with Gasteiger partial charge in [0, 0.05) is 11.1 Å². The van der Waals surface area contributed by atoms with Gasteiger partial charge in [0.15, 0.2) is 5.75 Å². The van der Waals surface area contributed by atoms with E-state index in [1.54, 1.807) is 0 Å². The van der Waals surface area contributed by atoms with Crippen molar-refractivity contribution in [1.82, 2.24) is 0 Å². The van der Waals surface area contributed by atoms with Gasteiger partial charge in [0.2, 0.25) is 0 Å². The van der Waals surface area contributed by atoms with Crippen LogP contribution < -0.4 is 9.62 Å². The highest BCUT2D eigenvalue weighted by Crippen LogP contribution is 2.49. The standard InChI is InChI=1S/C46H46O3/c1-31(2)30-43(32(3)4)35-26-28-36(29-27-35)47-46(44-41-22-13-11-20-39(41)40-21-12-14-23-42(40)44)49-48-45-37(33-16-7-5-8-17-33)24-15-25-38(45)34-18-9-6-10-19-34/h5-11,13-20,22-29,31-32,43-44,46H,12,21,30H2,1-4H3. The van der Waals surface area contributed by atoms with Crippen molar-refractivity contribution >= 4 is 5.57 Å². The topological polar surface area (TPSA) is 27.7 Å². The average Bonchev–Trinajstić information content (AvgIpc) is 3.47. The van der Waals surface area contributed by atoms with Gasteiger partial charge < -0.3 is 9.62 Å². The lowest BCUT2D eigenvalue weighted by Crippen LogP contribution is -2.30. The van der Waals surface area contributed by atoms with Crippen molar-refractivity contribution in [1.29, 1.82) is 0 Å². The Hall–Kier alpha value is -4.86. The van der Waals surface area contributed by atoms with E-state index in [2.05, 4.69) is 155 Å². The van der Waals surface area contributed by atoms with Crippen molar-refractivity contribution in [2.45, 2.75) is 65.1 Å². The van der Waals surface area contributed by atoms with Crippen LogP contribution in [0.5, 0.6) is 11.5 Å². The van der Waals surface area contributed by atoms with Gasteiger partial charge >= 0.3 is 0 Å². The van der Waals surface area contributed by atoms with Gasteiger partial charge in [-0.3, -0.25) is 0 Å². The molecule has 49 heavy (non-hydrogen) atoms. The van der Waals surface area contributed by atoms with Crippen LogP contribution >= 0.6 is 0 Å². The molecule has 0 spiro atoms. The van der Waals surface area contributed by atoms with Crippen LogP contribution in [0.2, 0.25) is 0 Å². The molecule has 0 aromatic heterocycles. The second-order valence-corrected chi connectivity index (χ2v) is 14.1. The summed E-state index contributed by atoms with van der Waals surface area (Å²) in [6.45, 7) is 9.23. The highest BCUT2D eigenvalue weighted by molar-refractivity contribution is 5.83. The van der Waals surface area contributed by atoms with Crippen molar-refractivity contribution in [2.75, 3.05) is 0 Å². The fourth-order valence-corrected chi connectivity index (χ4v) is 7.55. The lowest BCUT2D eigenvalue weighted by atomic mass is 9.82. The summed E-state index contributed by atoms with van der Waals surface area (Å²) in [7, 11) is 0. The van der Waals surface area contributed by atoms with Gasteiger partial charge in [-0.1, -0.05) is 155 Å². The normalized spacial score (nSPS) is 16.4. The minimum absolute atomic E-state index is 0.157. The first-order valence-corrected chi connectivity index (χ1v) is 17.8. The molecule has 7 rings (SSSR count). The number of benzene rings is 5. The molecule has 0 saturated heterocycles. The molecule has 0 N–H and O–H groups in total. The van der Waals surface area contributed by atoms with Crippen molar-refractivity contribution < 1.29 is 14.5 Å². The summed E-state index contributed by atoms with van der Waals surface area (Å²) in [5.74, 6) is 2.95. The van der Waals surface area contributed by atoms with Crippen molar-refractivity contribution in [3.63, 3.8) is 0 Å². The van der Waals surface area contributed by atoms with Crippen molar-refractivity contribution in [3.05, 3.63) is 162 Å². The summed E-state index contributed by atoms with van der Waals surface area (Å²) in [6.07, 6.45) is 6.98. The van der Waals surface area contributed by atoms with E-state index in [1.807, 2.05) is 12.1 Å². The Morgan fingerprint density at radius 3 is 1.90 bits per heavy atom. The first-order valence-electron chi connectivity index (χ1n) is 17.8. The summed E-state index contributed by atoms with van der Waals surface area (Å²) < 4.78 is 6.88. The molecule has 3 nitrogen and oxygen atoms in total. The lowest BCUT2D eigenvalue weighted by molar-refractivity contribution is -0.299. The molecule has 5 aromatic carbocycles. The van der Waals surface area contributed by atoms with E-state index >= 15 is 0 Å². The fourth-order valence-electron chi connectivity index (χ4n) is 7.55. The minimum atomic E-state index is -0.744. The summed E-state index contributed by atoms with van der Waals surface area (Å²) in [5, 5.41) is 0. The molecule has 5 aromatic rings. The Balaban J connectivity index is 1.28. The van der Waals surface area contributed by atoms with Gasteiger partial charge in [0.25, 0.3) is 6.29 Å². The maximum Gasteiger partial charge on any atom is 0.253 e. The highest BCUT2D eigenvalue weighted by atomic mass is 17.2. The molecular formula is C46H46O3. The van der Waals surface area contributed by atoms with Gasteiger partial charge in [-0.2, -0.15) is 0 Å². The van der Waals surface area contributed by atoms with E-state index < -0.39 is 6.29 Å². The minimum Gasteiger partial charge on any atom is -0.460 e. The smallest absolute Gasteiger partial charge is 0.253 e. The Morgan fingerprint density at radius 2 is 1.27 bits per heavy atom. The van der Waals surface area contributed by atoms with Crippen molar-refractivity contribution in [2.24, 2.45) is 11.8 Å². The molecule has 3 unspecified atom stereocenters. The molecule has 0 amide bonds. The summed E-state index contributed by atoms with van der Waals surface area (Å²) in [6, 6.07) is 44.3. The zero-order chi connectivity index (χ0) is 33.7. The summed E-state index contributed by atoms with van der Waals surface area (Å²) in [4.78, 5) is 13.2. The SMILES string of the molecule is CC(C)CC(c1ccc(OC(OOc2c(-c3ccccc3)cccc2-c2ccccc2)C2C3=C(CCC=C3)c3ccccc32)cc1)C(C)C. The van der Waals surface area contributed by atoms with Crippen LogP contribution in [0.4, 0.5) is 0 Å². The number of ether oxygens (including phenoxy) is 1. The van der Waals surface area contributed by atoms with Gasteiger partial charge in [-0.15, -0.1) is 4.89 Å². The van der Waals surface area contributed by atoms with Crippen molar-refractivity contribution in [3.8, 4) is 33.8 Å². The summed E-state index contributed by atoms with van der Waals surface area (Å²) in [5.41, 5.74) is 10.5. The van der Waals surface area contributed by atoms with E-state index in [0.29, 0.717) is 23.5 Å². The van der Waals surface area contributed by atoms with Gasteiger partial charge in [-0.25, -0.2) is 0 Å². The lowest BCUT2D eigenvalue weighted by Gasteiger charge is -2.28. The molecule has 0 heterocycles.